The molecule has 0 bridgehead atoms. The van der Waals surface area contributed by atoms with Gasteiger partial charge >= 0.3 is 12.1 Å². The zero-order valence-electron chi connectivity index (χ0n) is 22.4. The lowest BCUT2D eigenvalue weighted by molar-refractivity contribution is 0.136. The normalized spacial score (nSPS) is 21.8. The summed E-state index contributed by atoms with van der Waals surface area (Å²) in [5.41, 5.74) is 4.55. The van der Waals surface area contributed by atoms with E-state index in [1.54, 1.807) is 0 Å². The lowest BCUT2D eigenvalue weighted by Gasteiger charge is -2.40. The van der Waals surface area contributed by atoms with E-state index in [1.165, 1.54) is 33.3 Å². The van der Waals surface area contributed by atoms with Gasteiger partial charge in [-0.3, -0.25) is 0 Å². The third-order valence-electron chi connectivity index (χ3n) is 8.42. The number of piperazine rings is 1. The van der Waals surface area contributed by atoms with Crippen LogP contribution in [0, 0.1) is 6.92 Å². The van der Waals surface area contributed by atoms with Crippen LogP contribution < -0.4 is 14.5 Å². The number of nitrogens with zero attached hydrogens (tertiary/aromatic N) is 6. The quantitative estimate of drug-likeness (QED) is 0.542. The van der Waals surface area contributed by atoms with Gasteiger partial charge in [-0.2, -0.15) is 9.97 Å². The average Bonchev–Trinajstić information content (AvgIpc) is 3.52. The van der Waals surface area contributed by atoms with Crippen LogP contribution in [-0.2, 0) is 13.1 Å². The summed E-state index contributed by atoms with van der Waals surface area (Å²) in [6.07, 6.45) is 1.44. The molecular formula is C29H36N6O3. The highest BCUT2D eigenvalue weighted by atomic mass is 16.5. The summed E-state index contributed by atoms with van der Waals surface area (Å²) in [5.74, 6) is 0.877. The molecule has 6 rings (SSSR count). The third-order valence-corrected chi connectivity index (χ3v) is 8.42. The Morgan fingerprint density at radius 3 is 2.66 bits per heavy atom. The Morgan fingerprint density at radius 2 is 1.92 bits per heavy atom. The molecule has 0 aliphatic carbocycles. The number of hydrogen-bond acceptors (Lipinski definition) is 7. The molecule has 0 radical (unpaired) electrons. The molecule has 3 aliphatic rings. The molecule has 4 heterocycles. The Morgan fingerprint density at radius 1 is 1.11 bits per heavy atom. The van der Waals surface area contributed by atoms with Crippen molar-refractivity contribution in [2.75, 3.05) is 49.6 Å². The summed E-state index contributed by atoms with van der Waals surface area (Å²) >= 11 is 0. The van der Waals surface area contributed by atoms with Gasteiger partial charge in [0.05, 0.1) is 12.2 Å². The Kier molecular flexibility index (Phi) is 6.47. The van der Waals surface area contributed by atoms with E-state index in [4.69, 9.17) is 14.7 Å². The molecule has 3 aliphatic heterocycles. The number of aromatic nitrogens is 2. The third kappa shape index (κ3) is 4.49. The second-order valence-electron chi connectivity index (χ2n) is 10.9. The maximum atomic E-state index is 11.6. The minimum absolute atomic E-state index is 0.00140. The second-order valence-corrected chi connectivity index (χ2v) is 10.9. The van der Waals surface area contributed by atoms with E-state index >= 15 is 0 Å². The van der Waals surface area contributed by atoms with Crippen molar-refractivity contribution in [2.24, 2.45) is 0 Å². The van der Waals surface area contributed by atoms with Crippen molar-refractivity contribution in [3.8, 4) is 6.01 Å². The number of ether oxygens (including phenoxy) is 1. The topological polar surface area (TPSA) is 85.3 Å². The number of likely N-dealkylation sites (tertiary alicyclic amines) is 1. The number of aryl methyl sites for hydroxylation is 1. The van der Waals surface area contributed by atoms with Crippen molar-refractivity contribution >= 4 is 28.4 Å². The molecule has 9 nitrogen and oxygen atoms in total. The van der Waals surface area contributed by atoms with E-state index < -0.39 is 6.09 Å². The van der Waals surface area contributed by atoms with Crippen molar-refractivity contribution in [3.05, 3.63) is 53.2 Å². The highest BCUT2D eigenvalue weighted by Gasteiger charge is 2.34. The van der Waals surface area contributed by atoms with Crippen LogP contribution in [0.15, 0.2) is 36.4 Å². The number of rotatable bonds is 5. The van der Waals surface area contributed by atoms with Gasteiger partial charge in [0, 0.05) is 54.9 Å². The minimum Gasteiger partial charge on any atom is -0.465 e. The molecule has 0 spiro atoms. The molecule has 2 atom stereocenters. The molecular weight excluding hydrogens is 480 g/mol. The van der Waals surface area contributed by atoms with Gasteiger partial charge in [0.1, 0.15) is 12.4 Å². The van der Waals surface area contributed by atoms with Gasteiger partial charge in [0.15, 0.2) is 0 Å². The monoisotopic (exact) mass is 516 g/mol. The van der Waals surface area contributed by atoms with Gasteiger partial charge in [-0.1, -0.05) is 30.3 Å². The molecule has 2 aromatic carbocycles. The summed E-state index contributed by atoms with van der Waals surface area (Å²) in [6.45, 7) is 8.77. The molecule has 1 amide bonds. The van der Waals surface area contributed by atoms with Crippen LogP contribution in [0.2, 0.25) is 0 Å². The Labute approximate surface area is 223 Å². The molecule has 2 fully saturated rings. The minimum atomic E-state index is -0.869. The van der Waals surface area contributed by atoms with Gasteiger partial charge in [-0.05, 0) is 57.3 Å². The molecule has 0 saturated carbocycles. The molecule has 1 aromatic heterocycles. The SMILES string of the molecule is Cc1cccc2cccc(N3Cc4nc(OCC5CCCN5C)nc(N5CCN(C(=O)O)CC5C)c4C3)c12. The number of fused-ring (bicyclic) bond motifs is 2. The summed E-state index contributed by atoms with van der Waals surface area (Å²) < 4.78 is 6.23. The fourth-order valence-corrected chi connectivity index (χ4v) is 6.26. The van der Waals surface area contributed by atoms with Crippen molar-refractivity contribution in [1.82, 2.24) is 19.8 Å². The maximum Gasteiger partial charge on any atom is 0.407 e. The van der Waals surface area contributed by atoms with Gasteiger partial charge in [0.25, 0.3) is 0 Å². The molecule has 1 N–H and O–H groups in total. The van der Waals surface area contributed by atoms with Crippen LogP contribution in [0.3, 0.4) is 0 Å². The molecule has 3 aromatic rings. The molecule has 2 saturated heterocycles. The number of hydrogen-bond donors (Lipinski definition) is 1. The molecule has 38 heavy (non-hydrogen) atoms. The second kappa shape index (κ2) is 9.94. The predicted molar refractivity (Wildman–Crippen MR) is 148 cm³/mol. The Balaban J connectivity index is 1.34. The van der Waals surface area contributed by atoms with E-state index in [-0.39, 0.29) is 6.04 Å². The fraction of sp³-hybridized carbons (Fsp3) is 0.483. The average molecular weight is 517 g/mol. The number of likely N-dealkylation sites (N-methyl/N-ethyl adjacent to an activating group) is 1. The van der Waals surface area contributed by atoms with Gasteiger partial charge in [-0.25, -0.2) is 4.79 Å². The number of carboxylic acid groups (broad SMARTS) is 1. The zero-order chi connectivity index (χ0) is 26.4. The number of benzene rings is 2. The van der Waals surface area contributed by atoms with Crippen LogP contribution in [0.5, 0.6) is 6.01 Å². The molecule has 2 unspecified atom stereocenters. The fourth-order valence-electron chi connectivity index (χ4n) is 6.26. The summed E-state index contributed by atoms with van der Waals surface area (Å²) in [5, 5.41) is 12.0. The Bertz CT molecular complexity index is 1360. The van der Waals surface area contributed by atoms with Crippen LogP contribution >= 0.6 is 0 Å². The van der Waals surface area contributed by atoms with E-state index in [9.17, 15) is 9.90 Å². The largest absolute Gasteiger partial charge is 0.465 e. The van der Waals surface area contributed by atoms with Gasteiger partial charge < -0.3 is 29.4 Å². The van der Waals surface area contributed by atoms with Crippen molar-refractivity contribution in [1.29, 1.82) is 0 Å². The van der Waals surface area contributed by atoms with Crippen LogP contribution in [0.25, 0.3) is 10.8 Å². The van der Waals surface area contributed by atoms with E-state index in [0.717, 1.165) is 30.0 Å². The van der Waals surface area contributed by atoms with Crippen molar-refractivity contribution in [2.45, 2.75) is 51.9 Å². The summed E-state index contributed by atoms with van der Waals surface area (Å²) in [6, 6.07) is 13.7. The maximum absolute atomic E-state index is 11.6. The molecule has 200 valence electrons. The summed E-state index contributed by atoms with van der Waals surface area (Å²) in [4.78, 5) is 29.9. The van der Waals surface area contributed by atoms with Crippen LogP contribution in [0.1, 0.15) is 36.6 Å². The van der Waals surface area contributed by atoms with E-state index in [0.29, 0.717) is 51.4 Å². The molecule has 9 heteroatoms. The Hall–Kier alpha value is -3.59. The van der Waals surface area contributed by atoms with Crippen molar-refractivity contribution < 1.29 is 14.6 Å². The lowest BCUT2D eigenvalue weighted by Crippen LogP contribution is -2.54. The zero-order valence-corrected chi connectivity index (χ0v) is 22.4. The number of anilines is 2. The first kappa shape index (κ1) is 24.7. The first-order chi connectivity index (χ1) is 18.4. The van der Waals surface area contributed by atoms with Crippen molar-refractivity contribution in [3.63, 3.8) is 0 Å². The van der Waals surface area contributed by atoms with Crippen LogP contribution in [-0.4, -0.2) is 82.9 Å². The van der Waals surface area contributed by atoms with E-state index in [1.807, 2.05) is 0 Å². The lowest BCUT2D eigenvalue weighted by atomic mass is 10.0. The smallest absolute Gasteiger partial charge is 0.407 e. The van der Waals surface area contributed by atoms with Gasteiger partial charge in [-0.15, -0.1) is 0 Å². The highest BCUT2D eigenvalue weighted by molar-refractivity contribution is 5.97. The number of amides is 1. The number of carbonyl (C=O) groups is 1. The predicted octanol–water partition coefficient (Wildman–Crippen LogP) is 4.12. The van der Waals surface area contributed by atoms with E-state index in [2.05, 4.69) is 72.0 Å². The highest BCUT2D eigenvalue weighted by Crippen LogP contribution is 2.38. The summed E-state index contributed by atoms with van der Waals surface area (Å²) in [7, 11) is 2.14. The van der Waals surface area contributed by atoms with Crippen LogP contribution in [0.4, 0.5) is 16.3 Å². The van der Waals surface area contributed by atoms with Gasteiger partial charge in [0.2, 0.25) is 0 Å². The first-order valence-electron chi connectivity index (χ1n) is 13.6. The standard InChI is InChI=1S/C29H36N6O3/c1-19-7-4-8-21-9-5-11-25(26(19)21)34-16-23-24(17-34)30-28(38-18-22-10-6-12-32(22)3)31-27(23)35-14-13-33(29(36)37)15-20(35)2/h4-5,7-9,11,20,22H,6,10,12-18H2,1-3H3,(H,36,37). The first-order valence-corrected chi connectivity index (χ1v) is 13.6.